The number of benzene rings is 1. The third-order valence-electron chi connectivity index (χ3n) is 4.90. The summed E-state index contributed by atoms with van der Waals surface area (Å²) in [4.78, 5) is 29.6. The van der Waals surface area contributed by atoms with Crippen LogP contribution in [0.25, 0.3) is 11.5 Å². The molecule has 1 aromatic heterocycles. The van der Waals surface area contributed by atoms with Gasteiger partial charge in [-0.2, -0.15) is 4.98 Å². The van der Waals surface area contributed by atoms with Crippen LogP contribution in [0.1, 0.15) is 37.4 Å². The van der Waals surface area contributed by atoms with E-state index >= 15 is 0 Å². The number of piperidine rings is 1. The van der Waals surface area contributed by atoms with Crippen LogP contribution in [-0.2, 0) is 4.79 Å². The van der Waals surface area contributed by atoms with Gasteiger partial charge in [0.25, 0.3) is 5.89 Å². The van der Waals surface area contributed by atoms with Crippen molar-refractivity contribution < 1.29 is 23.6 Å². The Hall–Kier alpha value is -2.97. The van der Waals surface area contributed by atoms with E-state index in [0.717, 1.165) is 12.8 Å². The smallest absolute Gasteiger partial charge is 0.321 e. The first-order valence-corrected chi connectivity index (χ1v) is 8.93. The second-order valence-electron chi connectivity index (χ2n) is 6.98. The number of halogens is 1. The van der Waals surface area contributed by atoms with Crippen LogP contribution in [0.5, 0.6) is 0 Å². The molecule has 27 heavy (non-hydrogen) atoms. The minimum absolute atomic E-state index is 0.143. The molecule has 0 radical (unpaired) electrons. The highest BCUT2D eigenvalue weighted by Gasteiger charge is 2.30. The van der Waals surface area contributed by atoms with Crippen molar-refractivity contribution in [3.63, 3.8) is 0 Å². The molecular weight excluding hydrogens is 355 g/mol. The van der Waals surface area contributed by atoms with Crippen molar-refractivity contribution in [2.45, 2.75) is 31.6 Å². The number of carboxylic acids is 1. The zero-order chi connectivity index (χ0) is 19.0. The number of hydrogen-bond donors (Lipinski definition) is 2. The van der Waals surface area contributed by atoms with Crippen LogP contribution >= 0.6 is 0 Å². The summed E-state index contributed by atoms with van der Waals surface area (Å²) in [5.74, 6) is -0.947. The lowest BCUT2D eigenvalue weighted by Gasteiger charge is -2.30. The van der Waals surface area contributed by atoms with E-state index in [9.17, 15) is 19.1 Å². The lowest BCUT2D eigenvalue weighted by Crippen LogP contribution is -2.44. The Bertz CT molecular complexity index is 880. The first-order chi connectivity index (χ1) is 13.0. The molecule has 0 spiro atoms. The maximum absolute atomic E-state index is 13.8. The summed E-state index contributed by atoms with van der Waals surface area (Å²) in [7, 11) is 0. The molecule has 1 aliphatic carbocycles. The molecule has 1 unspecified atom stereocenters. The topological polar surface area (TPSA) is 109 Å². The molecule has 9 heteroatoms. The quantitative estimate of drug-likeness (QED) is 0.851. The lowest BCUT2D eigenvalue weighted by molar-refractivity contribution is -0.143. The molecule has 1 saturated carbocycles. The lowest BCUT2D eigenvalue weighted by atomic mass is 9.99. The van der Waals surface area contributed by atoms with Gasteiger partial charge in [-0.15, -0.1) is 0 Å². The van der Waals surface area contributed by atoms with Gasteiger partial charge in [-0.05, 0) is 43.9 Å². The van der Waals surface area contributed by atoms with Crippen molar-refractivity contribution in [3.8, 4) is 11.5 Å². The van der Waals surface area contributed by atoms with Gasteiger partial charge >= 0.3 is 12.0 Å². The zero-order valence-corrected chi connectivity index (χ0v) is 14.5. The number of rotatable bonds is 4. The molecule has 2 aromatic rings. The van der Waals surface area contributed by atoms with E-state index in [0.29, 0.717) is 36.5 Å². The Labute approximate surface area is 154 Å². The average Bonchev–Trinajstić information content (AvgIpc) is 3.40. The van der Waals surface area contributed by atoms with Crippen molar-refractivity contribution in [2.75, 3.05) is 18.4 Å². The summed E-state index contributed by atoms with van der Waals surface area (Å²) in [6.07, 6.45) is 3.18. The van der Waals surface area contributed by atoms with Gasteiger partial charge in [-0.3, -0.25) is 4.79 Å². The number of aliphatic carboxylic acids is 1. The van der Waals surface area contributed by atoms with E-state index in [1.165, 1.54) is 23.1 Å². The summed E-state index contributed by atoms with van der Waals surface area (Å²) in [5, 5.41) is 15.8. The molecule has 2 amide bonds. The van der Waals surface area contributed by atoms with E-state index < -0.39 is 23.7 Å². The van der Waals surface area contributed by atoms with Crippen molar-refractivity contribution in [1.29, 1.82) is 0 Å². The summed E-state index contributed by atoms with van der Waals surface area (Å²) in [6.45, 7) is 0.614. The first-order valence-electron chi connectivity index (χ1n) is 8.93. The van der Waals surface area contributed by atoms with Crippen LogP contribution in [0.2, 0.25) is 0 Å². The fraction of sp³-hybridized carbons (Fsp3) is 0.444. The Morgan fingerprint density at radius 3 is 2.85 bits per heavy atom. The zero-order valence-electron chi connectivity index (χ0n) is 14.5. The van der Waals surface area contributed by atoms with Crippen molar-refractivity contribution in [1.82, 2.24) is 15.0 Å². The van der Waals surface area contributed by atoms with Gasteiger partial charge in [-0.25, -0.2) is 9.18 Å². The maximum Gasteiger partial charge on any atom is 0.321 e. The average molecular weight is 374 g/mol. The van der Waals surface area contributed by atoms with E-state index in [1.807, 2.05) is 0 Å². The van der Waals surface area contributed by atoms with Crippen molar-refractivity contribution in [3.05, 3.63) is 29.8 Å². The second-order valence-corrected chi connectivity index (χ2v) is 6.98. The van der Waals surface area contributed by atoms with E-state index in [-0.39, 0.29) is 18.4 Å². The Morgan fingerprint density at radius 2 is 2.11 bits per heavy atom. The number of nitrogens with zero attached hydrogens (tertiary/aromatic N) is 3. The monoisotopic (exact) mass is 374 g/mol. The number of carbonyl (C=O) groups excluding carboxylic acids is 1. The summed E-state index contributed by atoms with van der Waals surface area (Å²) < 4.78 is 19.0. The van der Waals surface area contributed by atoms with Gasteiger partial charge in [0.05, 0.1) is 17.2 Å². The fourth-order valence-electron chi connectivity index (χ4n) is 3.21. The number of aromatic nitrogens is 2. The predicted molar refractivity (Wildman–Crippen MR) is 92.6 cm³/mol. The molecule has 2 fully saturated rings. The molecule has 1 saturated heterocycles. The molecule has 2 heterocycles. The highest BCUT2D eigenvalue weighted by Crippen LogP contribution is 2.39. The molecule has 142 valence electrons. The highest BCUT2D eigenvalue weighted by atomic mass is 19.1. The summed E-state index contributed by atoms with van der Waals surface area (Å²) in [5.41, 5.74) is 0.638. The molecule has 0 bridgehead atoms. The SMILES string of the molecule is O=C(O)C1CCCN(C(=O)Nc2ccc(F)cc2-c2nc(C3CC3)no2)C1. The van der Waals surface area contributed by atoms with E-state index in [1.54, 1.807) is 0 Å². The third kappa shape index (κ3) is 3.76. The molecule has 8 nitrogen and oxygen atoms in total. The van der Waals surface area contributed by atoms with Gasteiger partial charge in [0.1, 0.15) is 5.82 Å². The van der Waals surface area contributed by atoms with Crippen LogP contribution in [0.15, 0.2) is 22.7 Å². The number of nitrogens with one attached hydrogen (secondary N) is 1. The molecule has 1 atom stereocenters. The van der Waals surface area contributed by atoms with Gasteiger partial charge < -0.3 is 19.8 Å². The minimum atomic E-state index is -0.909. The minimum Gasteiger partial charge on any atom is -0.481 e. The van der Waals surface area contributed by atoms with Crippen molar-refractivity contribution in [2.24, 2.45) is 5.92 Å². The Morgan fingerprint density at radius 1 is 1.30 bits per heavy atom. The predicted octanol–water partition coefficient (Wildman–Crippen LogP) is 3.08. The maximum atomic E-state index is 13.8. The normalized spacial score (nSPS) is 19.7. The molecular formula is C18H19FN4O4. The van der Waals surface area contributed by atoms with Crippen LogP contribution in [-0.4, -0.2) is 45.2 Å². The number of amides is 2. The molecule has 2 N–H and O–H groups in total. The Kier molecular flexibility index (Phi) is 4.51. The number of carbonyl (C=O) groups is 2. The Balaban J connectivity index is 1.54. The molecule has 1 aliphatic heterocycles. The number of likely N-dealkylation sites (tertiary alicyclic amines) is 1. The van der Waals surface area contributed by atoms with Crippen LogP contribution in [0.3, 0.4) is 0 Å². The largest absolute Gasteiger partial charge is 0.481 e. The number of hydrogen-bond acceptors (Lipinski definition) is 5. The number of urea groups is 1. The van der Waals surface area contributed by atoms with Crippen LogP contribution in [0.4, 0.5) is 14.9 Å². The summed E-state index contributed by atoms with van der Waals surface area (Å²) >= 11 is 0. The molecule has 4 rings (SSSR count). The standard InChI is InChI=1S/C18H19FN4O4/c19-12-5-6-14(13(8-12)16-21-15(22-27-16)10-3-4-10)20-18(26)23-7-1-2-11(9-23)17(24)25/h5-6,8,10-11H,1-4,7,9H2,(H,20,26)(H,24,25). The number of anilines is 1. The third-order valence-corrected chi connectivity index (χ3v) is 4.90. The van der Waals surface area contributed by atoms with E-state index in [4.69, 9.17) is 4.52 Å². The van der Waals surface area contributed by atoms with Crippen LogP contribution < -0.4 is 5.32 Å². The molecule has 1 aromatic carbocycles. The van der Waals surface area contributed by atoms with Gasteiger partial charge in [0, 0.05) is 19.0 Å². The molecule has 2 aliphatic rings. The van der Waals surface area contributed by atoms with Crippen LogP contribution in [0, 0.1) is 11.7 Å². The fourth-order valence-corrected chi connectivity index (χ4v) is 3.21. The van der Waals surface area contributed by atoms with Gasteiger partial charge in [0.2, 0.25) is 0 Å². The van der Waals surface area contributed by atoms with E-state index in [2.05, 4.69) is 15.5 Å². The second kappa shape index (κ2) is 6.98. The highest BCUT2D eigenvalue weighted by molar-refractivity contribution is 5.93. The van der Waals surface area contributed by atoms with Gasteiger partial charge in [-0.1, -0.05) is 5.16 Å². The number of carboxylic acid groups (broad SMARTS) is 1. The van der Waals surface area contributed by atoms with Crippen molar-refractivity contribution >= 4 is 17.7 Å². The van der Waals surface area contributed by atoms with Gasteiger partial charge in [0.15, 0.2) is 5.82 Å². The summed E-state index contributed by atoms with van der Waals surface area (Å²) in [6, 6.07) is 3.46. The first kappa shape index (κ1) is 17.4.